The van der Waals surface area contributed by atoms with Crippen molar-refractivity contribution < 1.29 is 0 Å². The summed E-state index contributed by atoms with van der Waals surface area (Å²) < 4.78 is 0. The molecule has 0 radical (unpaired) electrons. The van der Waals surface area contributed by atoms with E-state index in [0.717, 1.165) is 30.3 Å². The SMILES string of the molecule is CN1CCN(C)c2nc(-c3ccccc3)nnc21. The van der Waals surface area contributed by atoms with Gasteiger partial charge in [-0.2, -0.15) is 0 Å². The predicted molar refractivity (Wildman–Crippen MR) is 71.8 cm³/mol. The van der Waals surface area contributed by atoms with E-state index in [2.05, 4.69) is 25.0 Å². The Labute approximate surface area is 106 Å². The second-order valence-corrected chi connectivity index (χ2v) is 4.49. The van der Waals surface area contributed by atoms with Crippen LogP contribution in [-0.4, -0.2) is 42.4 Å². The smallest absolute Gasteiger partial charge is 0.194 e. The fourth-order valence-electron chi connectivity index (χ4n) is 2.04. The number of benzene rings is 1. The number of anilines is 2. The van der Waals surface area contributed by atoms with Crippen molar-refractivity contribution in [2.75, 3.05) is 37.0 Å². The fourth-order valence-corrected chi connectivity index (χ4v) is 2.04. The molecule has 92 valence electrons. The van der Waals surface area contributed by atoms with Gasteiger partial charge >= 0.3 is 0 Å². The second kappa shape index (κ2) is 4.25. The van der Waals surface area contributed by atoms with Gasteiger partial charge in [-0.3, -0.25) is 0 Å². The third kappa shape index (κ3) is 1.77. The van der Waals surface area contributed by atoms with Crippen LogP contribution in [0.15, 0.2) is 30.3 Å². The Morgan fingerprint density at radius 2 is 1.56 bits per heavy atom. The van der Waals surface area contributed by atoms with Crippen LogP contribution in [0.25, 0.3) is 11.4 Å². The Bertz CT molecular complexity index is 555. The summed E-state index contributed by atoms with van der Waals surface area (Å²) in [6.07, 6.45) is 0. The molecule has 0 saturated heterocycles. The van der Waals surface area contributed by atoms with E-state index in [1.165, 1.54) is 0 Å². The lowest BCUT2D eigenvalue weighted by Gasteiger charge is -2.31. The molecular weight excluding hydrogens is 226 g/mol. The third-order valence-corrected chi connectivity index (χ3v) is 3.18. The number of fused-ring (bicyclic) bond motifs is 1. The van der Waals surface area contributed by atoms with Crippen molar-refractivity contribution in [1.82, 2.24) is 15.2 Å². The molecule has 1 aromatic heterocycles. The van der Waals surface area contributed by atoms with E-state index in [1.54, 1.807) is 0 Å². The minimum Gasteiger partial charge on any atom is -0.355 e. The van der Waals surface area contributed by atoms with Gasteiger partial charge in [-0.1, -0.05) is 30.3 Å². The van der Waals surface area contributed by atoms with Crippen molar-refractivity contribution in [2.45, 2.75) is 0 Å². The van der Waals surface area contributed by atoms with Gasteiger partial charge in [0.1, 0.15) is 0 Å². The van der Waals surface area contributed by atoms with Crippen molar-refractivity contribution in [1.29, 1.82) is 0 Å². The van der Waals surface area contributed by atoms with Gasteiger partial charge < -0.3 is 9.80 Å². The Morgan fingerprint density at radius 3 is 2.28 bits per heavy atom. The average molecular weight is 241 g/mol. The summed E-state index contributed by atoms with van der Waals surface area (Å²) in [6, 6.07) is 9.93. The molecule has 2 heterocycles. The van der Waals surface area contributed by atoms with Gasteiger partial charge in [-0.15, -0.1) is 10.2 Å². The Balaban J connectivity index is 2.08. The molecule has 1 aliphatic heterocycles. The lowest BCUT2D eigenvalue weighted by atomic mass is 10.2. The average Bonchev–Trinajstić information content (AvgIpc) is 2.44. The molecule has 2 aromatic rings. The molecule has 0 saturated carbocycles. The topological polar surface area (TPSA) is 45.2 Å². The number of likely N-dealkylation sites (N-methyl/N-ethyl adjacent to an activating group) is 2. The summed E-state index contributed by atoms with van der Waals surface area (Å²) in [5.41, 5.74) is 0.995. The third-order valence-electron chi connectivity index (χ3n) is 3.18. The molecule has 3 rings (SSSR count). The first-order chi connectivity index (χ1) is 8.75. The van der Waals surface area contributed by atoms with Gasteiger partial charge in [0.25, 0.3) is 0 Å². The molecule has 5 heteroatoms. The monoisotopic (exact) mass is 241 g/mol. The van der Waals surface area contributed by atoms with E-state index in [-0.39, 0.29) is 0 Å². The van der Waals surface area contributed by atoms with Crippen LogP contribution in [0.1, 0.15) is 0 Å². The number of nitrogens with zero attached hydrogens (tertiary/aromatic N) is 5. The molecule has 0 aliphatic carbocycles. The van der Waals surface area contributed by atoms with Gasteiger partial charge in [0.05, 0.1) is 0 Å². The highest BCUT2D eigenvalue weighted by atomic mass is 15.4. The molecule has 1 aromatic carbocycles. The first-order valence-electron chi connectivity index (χ1n) is 5.98. The van der Waals surface area contributed by atoms with Gasteiger partial charge in [0, 0.05) is 32.7 Å². The zero-order chi connectivity index (χ0) is 12.5. The van der Waals surface area contributed by atoms with Crippen LogP contribution in [0.5, 0.6) is 0 Å². The van der Waals surface area contributed by atoms with Crippen molar-refractivity contribution in [3.8, 4) is 11.4 Å². The van der Waals surface area contributed by atoms with E-state index in [9.17, 15) is 0 Å². The quantitative estimate of drug-likeness (QED) is 0.755. The van der Waals surface area contributed by atoms with Gasteiger partial charge in [-0.05, 0) is 0 Å². The first-order valence-corrected chi connectivity index (χ1v) is 5.98. The maximum atomic E-state index is 4.63. The number of hydrogen-bond donors (Lipinski definition) is 0. The maximum absolute atomic E-state index is 4.63. The van der Waals surface area contributed by atoms with Gasteiger partial charge in [-0.25, -0.2) is 4.98 Å². The van der Waals surface area contributed by atoms with Crippen molar-refractivity contribution in [3.05, 3.63) is 30.3 Å². The lowest BCUT2D eigenvalue weighted by molar-refractivity contribution is 0.748. The Kier molecular flexibility index (Phi) is 2.59. The lowest BCUT2D eigenvalue weighted by Crippen LogP contribution is -2.38. The molecule has 0 unspecified atom stereocenters. The van der Waals surface area contributed by atoms with Crippen LogP contribution in [0.4, 0.5) is 11.6 Å². The number of rotatable bonds is 1. The molecule has 0 bridgehead atoms. The van der Waals surface area contributed by atoms with Gasteiger partial charge in [0.2, 0.25) is 0 Å². The largest absolute Gasteiger partial charge is 0.355 e. The molecule has 0 N–H and O–H groups in total. The highest BCUT2D eigenvalue weighted by molar-refractivity contribution is 5.67. The van der Waals surface area contributed by atoms with Crippen LogP contribution >= 0.6 is 0 Å². The fraction of sp³-hybridized carbons (Fsp3) is 0.308. The number of hydrogen-bond acceptors (Lipinski definition) is 5. The van der Waals surface area contributed by atoms with E-state index in [1.807, 2.05) is 44.4 Å². The first kappa shape index (κ1) is 11.0. The van der Waals surface area contributed by atoms with Crippen LogP contribution in [0, 0.1) is 0 Å². The molecule has 0 amide bonds. The minimum atomic E-state index is 0.677. The van der Waals surface area contributed by atoms with Crippen LogP contribution in [0.3, 0.4) is 0 Å². The molecule has 5 nitrogen and oxygen atoms in total. The van der Waals surface area contributed by atoms with E-state index in [0.29, 0.717) is 5.82 Å². The summed E-state index contributed by atoms with van der Waals surface area (Å²) >= 11 is 0. The summed E-state index contributed by atoms with van der Waals surface area (Å²) in [6.45, 7) is 1.90. The normalized spacial score (nSPS) is 14.6. The summed E-state index contributed by atoms with van der Waals surface area (Å²) in [5, 5.41) is 8.52. The predicted octanol–water partition coefficient (Wildman–Crippen LogP) is 1.42. The molecule has 18 heavy (non-hydrogen) atoms. The molecule has 0 fully saturated rings. The zero-order valence-corrected chi connectivity index (χ0v) is 10.5. The highest BCUT2D eigenvalue weighted by Gasteiger charge is 2.22. The van der Waals surface area contributed by atoms with Gasteiger partial charge in [0.15, 0.2) is 17.5 Å². The van der Waals surface area contributed by atoms with Crippen LogP contribution in [0.2, 0.25) is 0 Å². The van der Waals surface area contributed by atoms with E-state index in [4.69, 9.17) is 0 Å². The summed E-state index contributed by atoms with van der Waals surface area (Å²) in [4.78, 5) is 8.83. The number of aromatic nitrogens is 3. The summed E-state index contributed by atoms with van der Waals surface area (Å²) in [7, 11) is 4.06. The zero-order valence-electron chi connectivity index (χ0n) is 10.5. The molecule has 0 spiro atoms. The highest BCUT2D eigenvalue weighted by Crippen LogP contribution is 2.28. The van der Waals surface area contributed by atoms with E-state index < -0.39 is 0 Å². The summed E-state index contributed by atoms with van der Waals surface area (Å²) in [5.74, 6) is 2.43. The van der Waals surface area contributed by atoms with E-state index >= 15 is 0 Å². The molecule has 0 atom stereocenters. The van der Waals surface area contributed by atoms with Crippen molar-refractivity contribution in [3.63, 3.8) is 0 Å². The standard InChI is InChI=1S/C13H15N5/c1-17-8-9-18(2)13-12(17)14-11(15-16-13)10-6-4-3-5-7-10/h3-7H,8-9H2,1-2H3. The molecule has 1 aliphatic rings. The Morgan fingerprint density at radius 1 is 0.889 bits per heavy atom. The van der Waals surface area contributed by atoms with Crippen LogP contribution in [-0.2, 0) is 0 Å². The molecular formula is C13H15N5. The van der Waals surface area contributed by atoms with Crippen LogP contribution < -0.4 is 9.80 Å². The maximum Gasteiger partial charge on any atom is 0.194 e. The van der Waals surface area contributed by atoms with Crippen molar-refractivity contribution >= 4 is 11.6 Å². The second-order valence-electron chi connectivity index (χ2n) is 4.49. The van der Waals surface area contributed by atoms with Crippen molar-refractivity contribution in [2.24, 2.45) is 0 Å². The minimum absolute atomic E-state index is 0.677. The Hall–Kier alpha value is -2.17.